The number of carbonyl (C=O) groups is 1. The molecule has 4 rings (SSSR count). The van der Waals surface area contributed by atoms with Crippen LogP contribution in [0.4, 0.5) is 5.69 Å². The predicted octanol–water partition coefficient (Wildman–Crippen LogP) is 4.28. The molecule has 0 bridgehead atoms. The third-order valence-electron chi connectivity index (χ3n) is 4.26. The number of benzene rings is 2. The fraction of sp³-hybridized carbons (Fsp3) is 0.200. The van der Waals surface area contributed by atoms with E-state index in [1.165, 1.54) is 11.3 Å². The molecule has 2 aromatic heterocycles. The highest BCUT2D eigenvalue weighted by Gasteiger charge is 2.11. The molecule has 0 fully saturated rings. The lowest BCUT2D eigenvalue weighted by atomic mass is 10.1. The van der Waals surface area contributed by atoms with E-state index in [-0.39, 0.29) is 12.0 Å². The Morgan fingerprint density at radius 3 is 2.93 bits per heavy atom. The van der Waals surface area contributed by atoms with Crippen LogP contribution in [0.25, 0.3) is 15.5 Å². The van der Waals surface area contributed by atoms with Crippen molar-refractivity contribution in [3.8, 4) is 16.3 Å². The van der Waals surface area contributed by atoms with Crippen molar-refractivity contribution >= 4 is 27.9 Å². The Kier molecular flexibility index (Phi) is 5.03. The molecular formula is C20H19N5O2S. The number of rotatable bonds is 6. The van der Waals surface area contributed by atoms with E-state index in [9.17, 15) is 4.79 Å². The lowest BCUT2D eigenvalue weighted by molar-refractivity contribution is 0.102. The summed E-state index contributed by atoms with van der Waals surface area (Å²) in [6.45, 7) is 4.06. The summed E-state index contributed by atoms with van der Waals surface area (Å²) in [4.78, 5) is 13.4. The number of nitrogens with one attached hydrogen (secondary N) is 1. The quantitative estimate of drug-likeness (QED) is 0.529. The Morgan fingerprint density at radius 2 is 2.11 bits per heavy atom. The van der Waals surface area contributed by atoms with Crippen molar-refractivity contribution in [2.45, 2.75) is 26.4 Å². The van der Waals surface area contributed by atoms with Crippen molar-refractivity contribution in [3.05, 3.63) is 60.4 Å². The molecule has 8 heteroatoms. The number of fused-ring (bicyclic) bond motifs is 1. The van der Waals surface area contributed by atoms with Gasteiger partial charge in [-0.1, -0.05) is 36.5 Å². The molecule has 0 aliphatic rings. The van der Waals surface area contributed by atoms with Crippen LogP contribution in [0.15, 0.2) is 54.9 Å². The van der Waals surface area contributed by atoms with Gasteiger partial charge < -0.3 is 10.1 Å². The topological polar surface area (TPSA) is 81.4 Å². The van der Waals surface area contributed by atoms with Gasteiger partial charge in [0.1, 0.15) is 17.1 Å². The van der Waals surface area contributed by atoms with Crippen LogP contribution >= 0.6 is 11.3 Å². The van der Waals surface area contributed by atoms with Crippen LogP contribution in [-0.2, 0) is 0 Å². The highest BCUT2D eigenvalue weighted by Crippen LogP contribution is 2.27. The number of aromatic nitrogens is 4. The second-order valence-corrected chi connectivity index (χ2v) is 7.32. The molecule has 1 atom stereocenters. The van der Waals surface area contributed by atoms with Crippen molar-refractivity contribution in [2.24, 2.45) is 0 Å². The maximum Gasteiger partial charge on any atom is 0.255 e. The van der Waals surface area contributed by atoms with Crippen LogP contribution in [0.2, 0.25) is 0 Å². The average molecular weight is 393 g/mol. The molecule has 2 heterocycles. The number of anilines is 1. The SMILES string of the molecule is CC[C@@H](C)Oc1cccc(C(=O)Nc2cccc(-c3nn4cnnc4s3)c2)c1. The predicted molar refractivity (Wildman–Crippen MR) is 109 cm³/mol. The minimum atomic E-state index is -0.190. The summed E-state index contributed by atoms with van der Waals surface area (Å²) in [5.74, 6) is 0.500. The summed E-state index contributed by atoms with van der Waals surface area (Å²) in [5.41, 5.74) is 2.15. The van der Waals surface area contributed by atoms with Gasteiger partial charge in [-0.05, 0) is 43.7 Å². The largest absolute Gasteiger partial charge is 0.491 e. The van der Waals surface area contributed by atoms with E-state index in [1.807, 2.05) is 43.3 Å². The van der Waals surface area contributed by atoms with E-state index >= 15 is 0 Å². The number of ether oxygens (including phenoxy) is 1. The Balaban J connectivity index is 1.52. The first-order chi connectivity index (χ1) is 13.6. The fourth-order valence-corrected chi connectivity index (χ4v) is 3.45. The van der Waals surface area contributed by atoms with Crippen LogP contribution in [0, 0.1) is 0 Å². The van der Waals surface area contributed by atoms with Gasteiger partial charge in [0.05, 0.1) is 6.10 Å². The van der Waals surface area contributed by atoms with Crippen molar-refractivity contribution in [3.63, 3.8) is 0 Å². The average Bonchev–Trinajstić information content (AvgIpc) is 3.30. The summed E-state index contributed by atoms with van der Waals surface area (Å²) in [6, 6.07) is 14.8. The number of hydrogen-bond donors (Lipinski definition) is 1. The molecule has 0 radical (unpaired) electrons. The molecule has 0 aliphatic heterocycles. The van der Waals surface area contributed by atoms with E-state index in [0.717, 1.165) is 22.0 Å². The van der Waals surface area contributed by atoms with Crippen molar-refractivity contribution < 1.29 is 9.53 Å². The highest BCUT2D eigenvalue weighted by molar-refractivity contribution is 7.19. The van der Waals surface area contributed by atoms with Crippen LogP contribution in [-0.4, -0.2) is 31.8 Å². The molecule has 0 aliphatic carbocycles. The minimum Gasteiger partial charge on any atom is -0.491 e. The van der Waals surface area contributed by atoms with E-state index in [1.54, 1.807) is 23.0 Å². The molecule has 0 unspecified atom stereocenters. The van der Waals surface area contributed by atoms with Gasteiger partial charge in [-0.15, -0.1) is 10.2 Å². The zero-order valence-electron chi connectivity index (χ0n) is 15.5. The maximum absolute atomic E-state index is 12.7. The molecule has 0 saturated carbocycles. The summed E-state index contributed by atoms with van der Waals surface area (Å²) >= 11 is 1.44. The molecule has 142 valence electrons. The van der Waals surface area contributed by atoms with E-state index in [0.29, 0.717) is 17.0 Å². The monoisotopic (exact) mass is 393 g/mol. The number of nitrogens with zero attached hydrogens (tertiary/aromatic N) is 4. The highest BCUT2D eigenvalue weighted by atomic mass is 32.1. The Bertz CT molecular complexity index is 1090. The fourth-order valence-electron chi connectivity index (χ4n) is 2.64. The van der Waals surface area contributed by atoms with Crippen LogP contribution in [0.3, 0.4) is 0 Å². The number of hydrogen-bond acceptors (Lipinski definition) is 6. The molecule has 7 nitrogen and oxygen atoms in total. The molecular weight excluding hydrogens is 374 g/mol. The lowest BCUT2D eigenvalue weighted by Crippen LogP contribution is -2.13. The van der Waals surface area contributed by atoms with Crippen molar-refractivity contribution in [1.29, 1.82) is 0 Å². The van der Waals surface area contributed by atoms with Gasteiger partial charge in [0.15, 0.2) is 0 Å². The Hall–Kier alpha value is -3.26. The zero-order valence-corrected chi connectivity index (χ0v) is 16.3. The van der Waals surface area contributed by atoms with E-state index in [2.05, 4.69) is 27.5 Å². The lowest BCUT2D eigenvalue weighted by Gasteiger charge is -2.13. The first-order valence-electron chi connectivity index (χ1n) is 8.97. The second kappa shape index (κ2) is 7.77. The Labute approximate surface area is 166 Å². The zero-order chi connectivity index (χ0) is 19.5. The van der Waals surface area contributed by atoms with Crippen LogP contribution in [0.5, 0.6) is 5.75 Å². The van der Waals surface area contributed by atoms with Gasteiger partial charge >= 0.3 is 0 Å². The molecule has 0 saturated heterocycles. The van der Waals surface area contributed by atoms with Gasteiger partial charge in [-0.25, -0.2) is 0 Å². The normalized spacial score (nSPS) is 12.1. The van der Waals surface area contributed by atoms with Crippen molar-refractivity contribution in [1.82, 2.24) is 19.8 Å². The summed E-state index contributed by atoms with van der Waals surface area (Å²) in [7, 11) is 0. The first-order valence-corrected chi connectivity index (χ1v) is 9.79. The standard InChI is InChI=1S/C20H19N5O2S/c1-3-13(2)27-17-9-5-6-14(11-17)18(26)22-16-8-4-7-15(10-16)19-24-25-12-21-23-20(25)28-19/h4-13H,3H2,1-2H3,(H,22,26)/t13-/m1/s1. The van der Waals surface area contributed by atoms with Crippen molar-refractivity contribution in [2.75, 3.05) is 5.32 Å². The third kappa shape index (κ3) is 3.86. The minimum absolute atomic E-state index is 0.101. The van der Waals surface area contributed by atoms with Crippen LogP contribution in [0.1, 0.15) is 30.6 Å². The maximum atomic E-state index is 12.7. The van der Waals surface area contributed by atoms with Crippen LogP contribution < -0.4 is 10.1 Å². The molecule has 1 amide bonds. The smallest absolute Gasteiger partial charge is 0.255 e. The number of carbonyl (C=O) groups excluding carboxylic acids is 1. The first kappa shape index (κ1) is 18.1. The van der Waals surface area contributed by atoms with Gasteiger partial charge in [0.2, 0.25) is 4.96 Å². The summed E-state index contributed by atoms with van der Waals surface area (Å²) in [5, 5.41) is 16.0. The van der Waals surface area contributed by atoms with E-state index in [4.69, 9.17) is 4.74 Å². The molecule has 2 aromatic carbocycles. The molecule has 0 spiro atoms. The van der Waals surface area contributed by atoms with Gasteiger partial charge in [0.25, 0.3) is 5.91 Å². The van der Waals surface area contributed by atoms with Gasteiger partial charge in [-0.3, -0.25) is 4.79 Å². The molecule has 28 heavy (non-hydrogen) atoms. The molecule has 4 aromatic rings. The second-order valence-electron chi connectivity index (χ2n) is 6.36. The summed E-state index contributed by atoms with van der Waals surface area (Å²) in [6.07, 6.45) is 2.57. The number of amides is 1. The van der Waals surface area contributed by atoms with Gasteiger partial charge in [-0.2, -0.15) is 9.61 Å². The van der Waals surface area contributed by atoms with E-state index < -0.39 is 0 Å². The third-order valence-corrected chi connectivity index (χ3v) is 5.22. The molecule has 1 N–H and O–H groups in total. The summed E-state index contributed by atoms with van der Waals surface area (Å²) < 4.78 is 7.44. The Morgan fingerprint density at radius 1 is 1.25 bits per heavy atom. The van der Waals surface area contributed by atoms with Gasteiger partial charge in [0, 0.05) is 16.8 Å².